The van der Waals surface area contributed by atoms with E-state index in [1.165, 1.54) is 4.35 Å². The van der Waals surface area contributed by atoms with Gasteiger partial charge in [0.05, 0.1) is 0 Å². The normalized spacial score (nSPS) is 11.3. The van der Waals surface area contributed by atoms with E-state index in [9.17, 15) is 4.79 Å². The zero-order valence-corrected chi connectivity index (χ0v) is 14.2. The first-order valence-corrected chi connectivity index (χ1v) is 8.94. The van der Waals surface area contributed by atoms with Crippen LogP contribution < -0.4 is 8.70 Å². The Morgan fingerprint density at radius 2 is 1.95 bits per heavy atom. The van der Waals surface area contributed by atoms with Gasteiger partial charge in [-0.3, -0.25) is 0 Å². The summed E-state index contributed by atoms with van der Waals surface area (Å²) in [5.41, 5.74) is 1.75. The van der Waals surface area contributed by atoms with E-state index in [0.29, 0.717) is 5.02 Å². The summed E-state index contributed by atoms with van der Waals surface area (Å²) in [7, 11) is 0. The number of halogens is 1. The number of benzene rings is 2. The Morgan fingerprint density at radius 3 is 2.77 bits per heavy atom. The number of carbonyl (C=O) groups is 1. The molecule has 0 spiro atoms. The number of rotatable bonds is 4. The van der Waals surface area contributed by atoms with E-state index >= 15 is 0 Å². The number of carboxylic acids is 1. The molecule has 0 fully saturated rings. The van der Waals surface area contributed by atoms with Gasteiger partial charge in [-0.25, -0.2) is 0 Å². The van der Waals surface area contributed by atoms with Gasteiger partial charge in [0.15, 0.2) is 0 Å². The van der Waals surface area contributed by atoms with Crippen LogP contribution in [-0.2, 0) is 11.2 Å². The molecule has 22 heavy (non-hydrogen) atoms. The standard InChI is InChI=1S/C17H12AsClNO2/c19-12-5-6-13-15(7-8-20-16(13)10-12)18-14-4-2-1-3-11(14)9-17(21)22/h1-8,10H,9H2,(H,21,22). The molecule has 0 aliphatic heterocycles. The Labute approximate surface area is 139 Å². The second kappa shape index (κ2) is 6.51. The van der Waals surface area contributed by atoms with Gasteiger partial charge < -0.3 is 0 Å². The van der Waals surface area contributed by atoms with Crippen LogP contribution in [0.3, 0.4) is 0 Å². The molecule has 1 N–H and O–H groups in total. The van der Waals surface area contributed by atoms with Crippen LogP contribution in [0, 0.1) is 0 Å². The van der Waals surface area contributed by atoms with Crippen molar-refractivity contribution in [2.45, 2.75) is 6.42 Å². The fraction of sp³-hybridized carbons (Fsp3) is 0.0588. The van der Waals surface area contributed by atoms with Crippen molar-refractivity contribution >= 4 is 52.9 Å². The Bertz CT molecular complexity index is 851. The van der Waals surface area contributed by atoms with Crippen LogP contribution in [0.25, 0.3) is 10.9 Å². The van der Waals surface area contributed by atoms with Gasteiger partial charge in [0.1, 0.15) is 0 Å². The molecule has 0 aliphatic rings. The van der Waals surface area contributed by atoms with E-state index in [2.05, 4.69) is 4.98 Å². The summed E-state index contributed by atoms with van der Waals surface area (Å²) in [6.45, 7) is 0. The van der Waals surface area contributed by atoms with Crippen molar-refractivity contribution in [3.63, 3.8) is 0 Å². The van der Waals surface area contributed by atoms with E-state index in [0.717, 1.165) is 20.8 Å². The third-order valence-electron chi connectivity index (χ3n) is 3.26. The van der Waals surface area contributed by atoms with Gasteiger partial charge in [0, 0.05) is 0 Å². The first kappa shape index (κ1) is 15.1. The fourth-order valence-electron chi connectivity index (χ4n) is 2.27. The molecule has 5 heteroatoms. The summed E-state index contributed by atoms with van der Waals surface area (Å²) in [5, 5.41) is 10.8. The summed E-state index contributed by atoms with van der Waals surface area (Å²) >= 11 is 5.70. The number of nitrogens with zero attached hydrogens (tertiary/aromatic N) is 1. The van der Waals surface area contributed by atoms with Crippen molar-refractivity contribution in [3.05, 3.63) is 65.3 Å². The van der Waals surface area contributed by atoms with Crippen LogP contribution in [-0.4, -0.2) is 31.8 Å². The molecule has 0 bridgehead atoms. The maximum absolute atomic E-state index is 11.0. The molecule has 0 unspecified atom stereocenters. The van der Waals surface area contributed by atoms with Gasteiger partial charge in [-0.05, 0) is 0 Å². The molecule has 0 saturated carbocycles. The number of aromatic nitrogens is 1. The van der Waals surface area contributed by atoms with Crippen molar-refractivity contribution < 1.29 is 9.90 Å². The monoisotopic (exact) mass is 372 g/mol. The van der Waals surface area contributed by atoms with Crippen molar-refractivity contribution in [1.29, 1.82) is 0 Å². The van der Waals surface area contributed by atoms with Crippen LogP contribution in [0.5, 0.6) is 0 Å². The Balaban J connectivity index is 2.02. The van der Waals surface area contributed by atoms with Crippen LogP contribution in [0.4, 0.5) is 0 Å². The molecule has 1 heterocycles. The first-order chi connectivity index (χ1) is 10.6. The topological polar surface area (TPSA) is 50.2 Å². The molecule has 1 radical (unpaired) electrons. The molecule has 0 aliphatic carbocycles. The van der Waals surface area contributed by atoms with Gasteiger partial charge in [-0.1, -0.05) is 0 Å². The predicted octanol–water partition coefficient (Wildman–Crippen LogP) is 2.17. The first-order valence-electron chi connectivity index (χ1n) is 6.69. The maximum atomic E-state index is 11.0. The van der Waals surface area contributed by atoms with Gasteiger partial charge in [0.25, 0.3) is 0 Å². The Hall–Kier alpha value is -1.83. The number of carboxylic acid groups (broad SMARTS) is 1. The zero-order valence-electron chi connectivity index (χ0n) is 11.5. The molecule has 3 aromatic rings. The van der Waals surface area contributed by atoms with E-state index in [4.69, 9.17) is 16.7 Å². The number of aliphatic carboxylic acids is 1. The van der Waals surface area contributed by atoms with Gasteiger partial charge in [-0.2, -0.15) is 0 Å². The predicted molar refractivity (Wildman–Crippen MR) is 89.6 cm³/mol. The number of hydrogen-bond acceptors (Lipinski definition) is 2. The van der Waals surface area contributed by atoms with E-state index in [1.807, 2.05) is 48.5 Å². The van der Waals surface area contributed by atoms with Crippen LogP contribution in [0.15, 0.2) is 54.7 Å². The van der Waals surface area contributed by atoms with Gasteiger partial charge in [0.2, 0.25) is 0 Å². The third-order valence-corrected chi connectivity index (χ3v) is 6.24. The number of pyridine rings is 1. The van der Waals surface area contributed by atoms with Crippen LogP contribution >= 0.6 is 11.6 Å². The zero-order chi connectivity index (χ0) is 15.5. The molecule has 3 rings (SSSR count). The van der Waals surface area contributed by atoms with Gasteiger partial charge in [-0.15, -0.1) is 0 Å². The molecular weight excluding hydrogens is 361 g/mol. The molecule has 1 aromatic heterocycles. The molecular formula is C17H12AsClNO2. The van der Waals surface area contributed by atoms with E-state index in [1.54, 1.807) is 6.20 Å². The van der Waals surface area contributed by atoms with Crippen molar-refractivity contribution in [2.24, 2.45) is 0 Å². The van der Waals surface area contributed by atoms with Crippen LogP contribution in [0.2, 0.25) is 5.02 Å². The molecule has 3 nitrogen and oxygen atoms in total. The van der Waals surface area contributed by atoms with Crippen molar-refractivity contribution in [2.75, 3.05) is 0 Å². The summed E-state index contributed by atoms with van der Waals surface area (Å²) in [5.74, 6) is -0.806. The van der Waals surface area contributed by atoms with Gasteiger partial charge >= 0.3 is 140 Å². The third kappa shape index (κ3) is 3.32. The minimum absolute atomic E-state index is 0.0562. The molecule has 0 atom stereocenters. The summed E-state index contributed by atoms with van der Waals surface area (Å²) in [6, 6.07) is 15.4. The van der Waals surface area contributed by atoms with E-state index in [-0.39, 0.29) is 22.2 Å². The Kier molecular flexibility index (Phi) is 4.46. The fourth-order valence-corrected chi connectivity index (χ4v) is 4.88. The SMILES string of the molecule is O=C(O)Cc1ccccc1[As]c1ccnc2cc(Cl)ccc12. The number of fused-ring (bicyclic) bond motifs is 1. The summed E-state index contributed by atoms with van der Waals surface area (Å²) in [4.78, 5) is 15.4. The molecule has 109 valence electrons. The average Bonchev–Trinajstić information content (AvgIpc) is 2.48. The molecule has 0 amide bonds. The summed E-state index contributed by atoms with van der Waals surface area (Å²) in [6.07, 6.45) is 1.84. The number of hydrogen-bond donors (Lipinski definition) is 1. The van der Waals surface area contributed by atoms with Crippen LogP contribution in [0.1, 0.15) is 5.56 Å². The Morgan fingerprint density at radius 1 is 1.14 bits per heavy atom. The molecule has 0 saturated heterocycles. The summed E-state index contributed by atoms with van der Waals surface area (Å²) < 4.78 is 2.32. The van der Waals surface area contributed by atoms with E-state index < -0.39 is 5.97 Å². The second-order valence-electron chi connectivity index (χ2n) is 4.80. The second-order valence-corrected chi connectivity index (χ2v) is 7.73. The quantitative estimate of drug-likeness (QED) is 0.714. The molecule has 2 aromatic carbocycles. The van der Waals surface area contributed by atoms with Crippen molar-refractivity contribution in [1.82, 2.24) is 4.98 Å². The average molecular weight is 373 g/mol. The van der Waals surface area contributed by atoms with Crippen molar-refractivity contribution in [3.8, 4) is 0 Å². The minimum atomic E-state index is -0.806.